The van der Waals surface area contributed by atoms with Crippen molar-refractivity contribution < 1.29 is 18.0 Å². The Balaban J connectivity index is 1.35. The van der Waals surface area contributed by atoms with E-state index in [0.29, 0.717) is 42.1 Å². The molecule has 2 aliphatic rings. The van der Waals surface area contributed by atoms with E-state index >= 15 is 0 Å². The normalized spacial score (nSPS) is 17.7. The lowest BCUT2D eigenvalue weighted by molar-refractivity contribution is -0.120. The number of hydrogen-bond acceptors (Lipinski definition) is 4. The van der Waals surface area contributed by atoms with Crippen molar-refractivity contribution in [2.45, 2.75) is 51.3 Å². The van der Waals surface area contributed by atoms with E-state index in [1.54, 1.807) is 24.3 Å². The fourth-order valence-corrected chi connectivity index (χ4v) is 6.99. The minimum Gasteiger partial charge on any atom is -0.339 e. The van der Waals surface area contributed by atoms with Crippen LogP contribution in [0.1, 0.15) is 52.7 Å². The van der Waals surface area contributed by atoms with Gasteiger partial charge in [-0.2, -0.15) is 4.31 Å². The standard InChI is InChI=1S/C26H33N3O4S/c1-18-16-19(2)24(20(3)17-18)34(32,33)29-14-10-21(11-15-29)25(30)27-23-8-6-22(7-9-23)26(31)28-12-4-5-13-28/h6-9,16-17,21H,4-5,10-15H2,1-3H3,(H,27,30). The van der Waals surface area contributed by atoms with Crippen molar-refractivity contribution in [3.05, 3.63) is 58.7 Å². The van der Waals surface area contributed by atoms with Gasteiger partial charge >= 0.3 is 0 Å². The van der Waals surface area contributed by atoms with Crippen molar-refractivity contribution in [2.24, 2.45) is 5.92 Å². The molecule has 0 aliphatic carbocycles. The monoisotopic (exact) mass is 483 g/mol. The predicted molar refractivity (Wildman–Crippen MR) is 132 cm³/mol. The van der Waals surface area contributed by atoms with Crippen LogP contribution >= 0.6 is 0 Å². The van der Waals surface area contributed by atoms with E-state index < -0.39 is 10.0 Å². The Bertz CT molecular complexity index is 1150. The summed E-state index contributed by atoms with van der Waals surface area (Å²) in [5, 5.41) is 2.93. The number of hydrogen-bond donors (Lipinski definition) is 1. The van der Waals surface area contributed by atoms with E-state index in [0.717, 1.165) is 42.6 Å². The molecule has 1 N–H and O–H groups in total. The van der Waals surface area contributed by atoms with Crippen molar-refractivity contribution in [3.63, 3.8) is 0 Å². The lowest BCUT2D eigenvalue weighted by Crippen LogP contribution is -2.41. The Morgan fingerprint density at radius 1 is 0.882 bits per heavy atom. The van der Waals surface area contributed by atoms with Crippen LogP contribution in [0.5, 0.6) is 0 Å². The molecule has 2 aromatic carbocycles. The number of nitrogens with one attached hydrogen (secondary N) is 1. The fourth-order valence-electron chi connectivity index (χ4n) is 5.10. The van der Waals surface area contributed by atoms with Crippen LogP contribution in [0.3, 0.4) is 0 Å². The predicted octanol–water partition coefficient (Wildman–Crippen LogP) is 3.89. The van der Waals surface area contributed by atoms with Crippen LogP contribution in [0.15, 0.2) is 41.3 Å². The van der Waals surface area contributed by atoms with E-state index in [4.69, 9.17) is 0 Å². The summed E-state index contributed by atoms with van der Waals surface area (Å²) in [6, 6.07) is 10.8. The Morgan fingerprint density at radius 2 is 1.44 bits per heavy atom. The van der Waals surface area contributed by atoms with Crippen LogP contribution in [-0.2, 0) is 14.8 Å². The molecule has 0 unspecified atom stereocenters. The van der Waals surface area contributed by atoms with Gasteiger partial charge in [-0.3, -0.25) is 9.59 Å². The maximum absolute atomic E-state index is 13.3. The zero-order valence-electron chi connectivity index (χ0n) is 20.1. The minimum atomic E-state index is -3.60. The number of carbonyl (C=O) groups excluding carboxylic acids is 2. The summed E-state index contributed by atoms with van der Waals surface area (Å²) in [5.74, 6) is -0.334. The van der Waals surface area contributed by atoms with Crippen molar-refractivity contribution in [2.75, 3.05) is 31.5 Å². The maximum Gasteiger partial charge on any atom is 0.253 e. The van der Waals surface area contributed by atoms with Gasteiger partial charge in [0.15, 0.2) is 0 Å². The highest BCUT2D eigenvalue weighted by atomic mass is 32.2. The molecule has 2 saturated heterocycles. The molecule has 2 fully saturated rings. The molecular weight excluding hydrogens is 450 g/mol. The van der Waals surface area contributed by atoms with Crippen molar-refractivity contribution >= 4 is 27.5 Å². The van der Waals surface area contributed by atoms with E-state index in [9.17, 15) is 18.0 Å². The zero-order chi connectivity index (χ0) is 24.5. The fraction of sp³-hybridized carbons (Fsp3) is 0.462. The molecule has 8 heteroatoms. The van der Waals surface area contributed by atoms with E-state index in [-0.39, 0.29) is 17.7 Å². The summed E-state index contributed by atoms with van der Waals surface area (Å²) in [7, 11) is -3.60. The lowest BCUT2D eigenvalue weighted by atomic mass is 9.97. The molecule has 2 heterocycles. The molecule has 34 heavy (non-hydrogen) atoms. The van der Waals surface area contributed by atoms with Crippen LogP contribution < -0.4 is 5.32 Å². The number of aryl methyl sites for hydroxylation is 3. The third kappa shape index (κ3) is 5.03. The summed E-state index contributed by atoms with van der Waals surface area (Å²) in [6.07, 6.45) is 3.04. The van der Waals surface area contributed by atoms with Gasteiger partial charge in [-0.15, -0.1) is 0 Å². The summed E-state index contributed by atoms with van der Waals surface area (Å²) < 4.78 is 28.1. The molecule has 0 aromatic heterocycles. The molecule has 182 valence electrons. The van der Waals surface area contributed by atoms with Crippen LogP contribution in [0.4, 0.5) is 5.69 Å². The van der Waals surface area contributed by atoms with Crippen molar-refractivity contribution in [1.29, 1.82) is 0 Å². The van der Waals surface area contributed by atoms with Gasteiger partial charge in [0.05, 0.1) is 4.90 Å². The van der Waals surface area contributed by atoms with Gasteiger partial charge in [-0.1, -0.05) is 17.7 Å². The highest BCUT2D eigenvalue weighted by Gasteiger charge is 2.33. The number of piperidine rings is 1. The number of sulfonamides is 1. The first-order chi connectivity index (χ1) is 16.2. The molecule has 7 nitrogen and oxygen atoms in total. The minimum absolute atomic E-state index is 0.0306. The molecule has 0 atom stereocenters. The topological polar surface area (TPSA) is 86.8 Å². The van der Waals surface area contributed by atoms with Gasteiger partial charge in [0.25, 0.3) is 5.91 Å². The number of amides is 2. The van der Waals surface area contributed by atoms with Crippen molar-refractivity contribution in [3.8, 4) is 0 Å². The number of nitrogens with zero attached hydrogens (tertiary/aromatic N) is 2. The number of anilines is 1. The number of rotatable bonds is 5. The number of benzene rings is 2. The van der Waals surface area contributed by atoms with Crippen LogP contribution in [-0.4, -0.2) is 55.6 Å². The summed E-state index contributed by atoms with van der Waals surface area (Å²) in [4.78, 5) is 27.5. The molecule has 4 rings (SSSR count). The molecule has 2 amide bonds. The highest BCUT2D eigenvalue weighted by molar-refractivity contribution is 7.89. The Hall–Kier alpha value is -2.71. The lowest BCUT2D eigenvalue weighted by Gasteiger charge is -2.31. The molecule has 0 spiro atoms. The van der Waals surface area contributed by atoms with E-state index in [2.05, 4.69) is 5.32 Å². The van der Waals surface area contributed by atoms with Gasteiger partial charge in [0.2, 0.25) is 15.9 Å². The quantitative estimate of drug-likeness (QED) is 0.699. The molecule has 2 aliphatic heterocycles. The Morgan fingerprint density at radius 3 is 2.00 bits per heavy atom. The van der Waals surface area contributed by atoms with Gasteiger partial charge in [-0.25, -0.2) is 8.42 Å². The average Bonchev–Trinajstić information content (AvgIpc) is 3.33. The maximum atomic E-state index is 13.3. The summed E-state index contributed by atoms with van der Waals surface area (Å²) in [5.41, 5.74) is 3.81. The van der Waals surface area contributed by atoms with Gasteiger partial charge in [0, 0.05) is 43.3 Å². The number of carbonyl (C=O) groups is 2. The summed E-state index contributed by atoms with van der Waals surface area (Å²) >= 11 is 0. The molecular formula is C26H33N3O4S. The van der Waals surface area contributed by atoms with Crippen LogP contribution in [0, 0.1) is 26.7 Å². The molecule has 0 bridgehead atoms. The van der Waals surface area contributed by atoms with Gasteiger partial charge in [-0.05, 0) is 81.8 Å². The Kier molecular flexibility index (Phi) is 7.09. The highest BCUT2D eigenvalue weighted by Crippen LogP contribution is 2.29. The third-order valence-electron chi connectivity index (χ3n) is 6.82. The molecule has 0 radical (unpaired) electrons. The van der Waals surface area contributed by atoms with E-state index in [1.165, 1.54) is 4.31 Å². The molecule has 2 aromatic rings. The second-order valence-electron chi connectivity index (χ2n) is 9.47. The van der Waals surface area contributed by atoms with Gasteiger partial charge < -0.3 is 10.2 Å². The first-order valence-corrected chi connectivity index (χ1v) is 13.4. The Labute approximate surface area is 202 Å². The largest absolute Gasteiger partial charge is 0.339 e. The average molecular weight is 484 g/mol. The SMILES string of the molecule is Cc1cc(C)c(S(=O)(=O)N2CCC(C(=O)Nc3ccc(C(=O)N4CCCC4)cc3)CC2)c(C)c1. The first-order valence-electron chi connectivity index (χ1n) is 11.9. The first kappa shape index (κ1) is 24.4. The number of likely N-dealkylation sites (tertiary alicyclic amines) is 1. The second kappa shape index (κ2) is 9.88. The second-order valence-corrected chi connectivity index (χ2v) is 11.3. The van der Waals surface area contributed by atoms with E-state index in [1.807, 2.05) is 37.8 Å². The third-order valence-corrected chi connectivity index (χ3v) is 9.02. The van der Waals surface area contributed by atoms with Crippen LogP contribution in [0.2, 0.25) is 0 Å². The smallest absolute Gasteiger partial charge is 0.253 e. The zero-order valence-corrected chi connectivity index (χ0v) is 21.0. The van der Waals surface area contributed by atoms with Crippen molar-refractivity contribution in [1.82, 2.24) is 9.21 Å². The molecule has 0 saturated carbocycles. The van der Waals surface area contributed by atoms with Crippen LogP contribution in [0.25, 0.3) is 0 Å². The van der Waals surface area contributed by atoms with Gasteiger partial charge in [0.1, 0.15) is 0 Å². The summed E-state index contributed by atoms with van der Waals surface area (Å²) in [6.45, 7) is 7.85.